The molecule has 0 amide bonds. The van der Waals surface area contributed by atoms with Gasteiger partial charge in [0.05, 0.1) is 6.20 Å². The molecule has 0 fully saturated rings. The molecule has 2 aromatic rings. The van der Waals surface area contributed by atoms with Crippen LogP contribution in [0.2, 0.25) is 15.3 Å². The van der Waals surface area contributed by atoms with Crippen molar-refractivity contribution in [1.82, 2.24) is 9.97 Å². The number of hydrogen-bond donors (Lipinski definition) is 0. The Morgan fingerprint density at radius 3 is 2.45 bits per heavy atom. The molecule has 0 aliphatic carbocycles. The SMILES string of the molecule is Cc1cc(Cl)c(C(C)C)cc1Oc1nc(Cl)ncc1Cl. The van der Waals surface area contributed by atoms with Gasteiger partial charge in [-0.05, 0) is 47.7 Å². The molecule has 0 atom stereocenters. The van der Waals surface area contributed by atoms with Crippen molar-refractivity contribution in [3.05, 3.63) is 44.8 Å². The highest BCUT2D eigenvalue weighted by Gasteiger charge is 2.13. The molecule has 0 bridgehead atoms. The minimum Gasteiger partial charge on any atom is -0.437 e. The third-order valence-electron chi connectivity index (χ3n) is 2.81. The van der Waals surface area contributed by atoms with Crippen LogP contribution < -0.4 is 4.74 Å². The summed E-state index contributed by atoms with van der Waals surface area (Å²) in [5.41, 5.74) is 1.90. The highest BCUT2D eigenvalue weighted by atomic mass is 35.5. The van der Waals surface area contributed by atoms with Gasteiger partial charge in [0.1, 0.15) is 10.8 Å². The number of aryl methyl sites for hydroxylation is 1. The third kappa shape index (κ3) is 3.35. The highest BCUT2D eigenvalue weighted by Crippen LogP contribution is 2.35. The van der Waals surface area contributed by atoms with Gasteiger partial charge in [-0.3, -0.25) is 0 Å². The van der Waals surface area contributed by atoms with E-state index in [4.69, 9.17) is 39.5 Å². The molecule has 2 rings (SSSR count). The molecule has 0 saturated heterocycles. The zero-order valence-corrected chi connectivity index (χ0v) is 13.5. The maximum absolute atomic E-state index is 6.23. The van der Waals surface area contributed by atoms with E-state index in [0.717, 1.165) is 16.1 Å². The number of benzene rings is 1. The van der Waals surface area contributed by atoms with E-state index < -0.39 is 0 Å². The van der Waals surface area contributed by atoms with Gasteiger partial charge in [-0.1, -0.05) is 37.0 Å². The predicted molar refractivity (Wildman–Crippen MR) is 82.4 cm³/mol. The Morgan fingerprint density at radius 1 is 1.10 bits per heavy atom. The fraction of sp³-hybridized carbons (Fsp3) is 0.286. The molecule has 0 unspecified atom stereocenters. The van der Waals surface area contributed by atoms with Crippen molar-refractivity contribution >= 4 is 34.8 Å². The van der Waals surface area contributed by atoms with Gasteiger partial charge in [0.25, 0.3) is 0 Å². The van der Waals surface area contributed by atoms with E-state index in [-0.39, 0.29) is 17.1 Å². The Kier molecular flexibility index (Phi) is 4.74. The summed E-state index contributed by atoms with van der Waals surface area (Å²) in [4.78, 5) is 7.76. The van der Waals surface area contributed by atoms with Crippen LogP contribution in [-0.2, 0) is 0 Å². The quantitative estimate of drug-likeness (QED) is 0.680. The third-order valence-corrected chi connectivity index (χ3v) is 3.57. The summed E-state index contributed by atoms with van der Waals surface area (Å²) in [7, 11) is 0. The first kappa shape index (κ1) is 15.4. The fourth-order valence-electron chi connectivity index (χ4n) is 1.73. The standard InChI is InChI=1S/C14H13Cl3N2O/c1-7(2)9-5-12(8(3)4-10(9)15)20-13-11(16)6-18-14(17)19-13/h4-7H,1-3H3. The van der Waals surface area contributed by atoms with Crippen molar-refractivity contribution in [2.75, 3.05) is 0 Å². The molecular weight excluding hydrogens is 319 g/mol. The Hall–Kier alpha value is -1.03. The number of ether oxygens (including phenoxy) is 1. The van der Waals surface area contributed by atoms with Gasteiger partial charge in [0.2, 0.25) is 11.2 Å². The van der Waals surface area contributed by atoms with Gasteiger partial charge in [0, 0.05) is 5.02 Å². The number of nitrogens with zero attached hydrogens (tertiary/aromatic N) is 2. The molecule has 0 saturated carbocycles. The molecule has 1 heterocycles. The summed E-state index contributed by atoms with van der Waals surface area (Å²) in [5, 5.41) is 1.10. The lowest BCUT2D eigenvalue weighted by Gasteiger charge is -2.14. The van der Waals surface area contributed by atoms with Gasteiger partial charge >= 0.3 is 0 Å². The van der Waals surface area contributed by atoms with Gasteiger partial charge in [0.15, 0.2) is 0 Å². The lowest BCUT2D eigenvalue weighted by atomic mass is 10.0. The Morgan fingerprint density at radius 2 is 1.80 bits per heavy atom. The number of rotatable bonds is 3. The molecule has 0 spiro atoms. The number of halogens is 3. The van der Waals surface area contributed by atoms with Gasteiger partial charge in [-0.25, -0.2) is 4.98 Å². The van der Waals surface area contributed by atoms with Crippen LogP contribution in [0.15, 0.2) is 18.3 Å². The highest BCUT2D eigenvalue weighted by molar-refractivity contribution is 6.32. The molecule has 0 aliphatic heterocycles. The van der Waals surface area contributed by atoms with E-state index in [1.54, 1.807) is 0 Å². The van der Waals surface area contributed by atoms with Crippen LogP contribution in [-0.4, -0.2) is 9.97 Å². The maximum Gasteiger partial charge on any atom is 0.242 e. The minimum atomic E-state index is 0.0834. The molecule has 1 aromatic carbocycles. The molecule has 106 valence electrons. The van der Waals surface area contributed by atoms with Crippen molar-refractivity contribution in [1.29, 1.82) is 0 Å². The second-order valence-electron chi connectivity index (χ2n) is 4.69. The second-order valence-corrected chi connectivity index (χ2v) is 5.84. The molecule has 0 aliphatic rings. The van der Waals surface area contributed by atoms with E-state index in [2.05, 4.69) is 23.8 Å². The van der Waals surface area contributed by atoms with E-state index in [1.165, 1.54) is 6.20 Å². The largest absolute Gasteiger partial charge is 0.437 e. The maximum atomic E-state index is 6.23. The molecule has 6 heteroatoms. The fourth-order valence-corrected chi connectivity index (χ4v) is 2.42. The average molecular weight is 332 g/mol. The van der Waals surface area contributed by atoms with Crippen molar-refractivity contribution in [3.8, 4) is 11.6 Å². The lowest BCUT2D eigenvalue weighted by molar-refractivity contribution is 0.457. The Balaban J connectivity index is 2.43. The summed E-state index contributed by atoms with van der Waals surface area (Å²) in [5.74, 6) is 1.16. The summed E-state index contributed by atoms with van der Waals surface area (Å²) in [6, 6.07) is 3.76. The van der Waals surface area contributed by atoms with Crippen LogP contribution in [0.3, 0.4) is 0 Å². The van der Waals surface area contributed by atoms with Crippen LogP contribution in [0.4, 0.5) is 0 Å². The Labute approximate surface area is 132 Å². The molecule has 0 radical (unpaired) electrons. The topological polar surface area (TPSA) is 35.0 Å². The van der Waals surface area contributed by atoms with Crippen molar-refractivity contribution < 1.29 is 4.74 Å². The van der Waals surface area contributed by atoms with E-state index >= 15 is 0 Å². The molecule has 1 aromatic heterocycles. The first-order valence-corrected chi connectivity index (χ1v) is 7.17. The van der Waals surface area contributed by atoms with Gasteiger partial charge in [-0.2, -0.15) is 4.98 Å². The zero-order valence-electron chi connectivity index (χ0n) is 11.2. The summed E-state index contributed by atoms with van der Waals surface area (Å²) in [6.07, 6.45) is 1.40. The smallest absolute Gasteiger partial charge is 0.242 e. The van der Waals surface area contributed by atoms with Crippen molar-refractivity contribution in [2.45, 2.75) is 26.7 Å². The minimum absolute atomic E-state index is 0.0834. The second kappa shape index (κ2) is 6.17. The number of aromatic nitrogens is 2. The van der Waals surface area contributed by atoms with Gasteiger partial charge in [-0.15, -0.1) is 0 Å². The lowest BCUT2D eigenvalue weighted by Crippen LogP contribution is -1.96. The Bertz CT molecular complexity index is 645. The summed E-state index contributed by atoms with van der Waals surface area (Å²) >= 11 is 18.0. The first-order valence-electron chi connectivity index (χ1n) is 6.04. The predicted octanol–water partition coefficient (Wildman–Crippen LogP) is 5.66. The first-order chi connectivity index (χ1) is 9.38. The van der Waals surface area contributed by atoms with Crippen LogP contribution in [0.1, 0.15) is 30.9 Å². The summed E-state index contributed by atoms with van der Waals surface area (Å²) in [6.45, 7) is 6.03. The molecule has 20 heavy (non-hydrogen) atoms. The van der Waals surface area contributed by atoms with E-state index in [9.17, 15) is 0 Å². The monoisotopic (exact) mass is 330 g/mol. The van der Waals surface area contributed by atoms with Crippen LogP contribution in [0.25, 0.3) is 0 Å². The molecule has 0 N–H and O–H groups in total. The van der Waals surface area contributed by atoms with Crippen molar-refractivity contribution in [3.63, 3.8) is 0 Å². The van der Waals surface area contributed by atoms with Crippen LogP contribution in [0.5, 0.6) is 11.6 Å². The number of hydrogen-bond acceptors (Lipinski definition) is 3. The summed E-state index contributed by atoms with van der Waals surface area (Å²) < 4.78 is 5.74. The molecular formula is C14H13Cl3N2O. The van der Waals surface area contributed by atoms with E-state index in [1.807, 2.05) is 19.1 Å². The zero-order chi connectivity index (χ0) is 14.9. The normalized spacial score (nSPS) is 10.9. The average Bonchev–Trinajstić information content (AvgIpc) is 2.36. The van der Waals surface area contributed by atoms with E-state index in [0.29, 0.717) is 10.8 Å². The van der Waals surface area contributed by atoms with Crippen molar-refractivity contribution in [2.24, 2.45) is 0 Å². The molecule has 3 nitrogen and oxygen atoms in total. The van der Waals surface area contributed by atoms with Gasteiger partial charge < -0.3 is 4.74 Å². The van der Waals surface area contributed by atoms with Crippen LogP contribution >= 0.6 is 34.8 Å². The van der Waals surface area contributed by atoms with Crippen LogP contribution in [0, 0.1) is 6.92 Å².